The molecule has 13 nitrogen and oxygen atoms in total. The van der Waals surface area contributed by atoms with Crippen molar-refractivity contribution < 1.29 is 23.1 Å². The molecule has 2 heterocycles. The Labute approximate surface area is 282 Å². The van der Waals surface area contributed by atoms with Gasteiger partial charge in [0.25, 0.3) is 5.91 Å². The topological polar surface area (TPSA) is 198 Å². The number of aryl methyl sites for hydroxylation is 1. The van der Waals surface area contributed by atoms with Crippen LogP contribution in [-0.4, -0.2) is 63.9 Å². The molecule has 0 bridgehead atoms. The van der Waals surface area contributed by atoms with Gasteiger partial charge in [0, 0.05) is 47.8 Å². The summed E-state index contributed by atoms with van der Waals surface area (Å²) in [5, 5.41) is 19.3. The number of rotatable bonds is 13. The van der Waals surface area contributed by atoms with E-state index in [0.717, 1.165) is 31.2 Å². The van der Waals surface area contributed by atoms with E-state index in [9.17, 15) is 18.4 Å². The van der Waals surface area contributed by atoms with Crippen LogP contribution in [0.4, 0.5) is 20.3 Å². The third-order valence-electron chi connectivity index (χ3n) is 8.72. The molecule has 2 aromatic heterocycles. The van der Waals surface area contributed by atoms with Crippen molar-refractivity contribution >= 4 is 34.9 Å². The number of anilines is 2. The first kappa shape index (κ1) is 35.0. The van der Waals surface area contributed by atoms with E-state index >= 15 is 0 Å². The van der Waals surface area contributed by atoms with Gasteiger partial charge in [0.2, 0.25) is 11.7 Å². The fraction of sp³-hybridized carbons (Fsp3) is 0.382. The van der Waals surface area contributed by atoms with Crippen molar-refractivity contribution in [3.63, 3.8) is 0 Å². The molecule has 0 radical (unpaired) electrons. The van der Waals surface area contributed by atoms with Crippen molar-refractivity contribution in [1.29, 1.82) is 5.41 Å². The summed E-state index contributed by atoms with van der Waals surface area (Å²) in [6, 6.07) is 7.58. The highest BCUT2D eigenvalue weighted by molar-refractivity contribution is 5.96. The van der Waals surface area contributed by atoms with Crippen molar-refractivity contribution in [3.8, 4) is 17.0 Å². The van der Waals surface area contributed by atoms with Crippen LogP contribution in [0.2, 0.25) is 0 Å². The lowest BCUT2D eigenvalue weighted by molar-refractivity contribution is -0.123. The van der Waals surface area contributed by atoms with Gasteiger partial charge in [0.15, 0.2) is 29.0 Å². The number of carbonyl (C=O) groups is 2. The van der Waals surface area contributed by atoms with Crippen molar-refractivity contribution in [1.82, 2.24) is 30.3 Å². The van der Waals surface area contributed by atoms with Crippen LogP contribution in [0.5, 0.6) is 5.75 Å². The summed E-state index contributed by atoms with van der Waals surface area (Å²) >= 11 is 0. The molecule has 2 amide bonds. The number of guanidine groups is 1. The van der Waals surface area contributed by atoms with E-state index in [2.05, 4.69) is 31.2 Å². The Balaban J connectivity index is 1.18. The molecule has 2 aromatic carbocycles. The van der Waals surface area contributed by atoms with Crippen LogP contribution >= 0.6 is 0 Å². The second-order valence-corrected chi connectivity index (χ2v) is 12.0. The van der Waals surface area contributed by atoms with E-state index in [4.69, 9.17) is 21.6 Å². The van der Waals surface area contributed by atoms with Crippen molar-refractivity contribution in [2.24, 2.45) is 11.5 Å². The van der Waals surface area contributed by atoms with E-state index in [-0.39, 0.29) is 41.2 Å². The maximum absolute atomic E-state index is 14.9. The van der Waals surface area contributed by atoms with E-state index in [0.29, 0.717) is 54.2 Å². The number of hydrogen-bond acceptors (Lipinski definition) is 8. The maximum Gasteiger partial charge on any atom is 0.251 e. The summed E-state index contributed by atoms with van der Waals surface area (Å²) in [6.07, 6.45) is 9.22. The number of imidazole rings is 1. The maximum atomic E-state index is 14.9. The molecule has 0 aliphatic heterocycles. The van der Waals surface area contributed by atoms with Crippen LogP contribution in [0.1, 0.15) is 61.4 Å². The summed E-state index contributed by atoms with van der Waals surface area (Å²) in [6.45, 7) is 2.45. The quantitative estimate of drug-likeness (QED) is 0.0627. The van der Waals surface area contributed by atoms with Crippen LogP contribution in [0, 0.1) is 17.0 Å². The number of methoxy groups -OCH3 is 1. The summed E-state index contributed by atoms with van der Waals surface area (Å²) in [4.78, 5) is 34.7. The number of halogens is 2. The number of nitrogens with one attached hydrogen (secondary N) is 5. The van der Waals surface area contributed by atoms with Gasteiger partial charge < -0.3 is 37.5 Å². The lowest BCUT2D eigenvalue weighted by atomic mass is 9.90. The Hall–Kier alpha value is -5.31. The average Bonchev–Trinajstić information content (AvgIpc) is 3.53. The number of nitrogens with zero attached hydrogens (tertiary/aromatic N) is 3. The fourth-order valence-electron chi connectivity index (χ4n) is 6.05. The minimum atomic E-state index is -1.08. The van der Waals surface area contributed by atoms with Gasteiger partial charge >= 0.3 is 0 Å². The molecule has 0 unspecified atom stereocenters. The predicted molar refractivity (Wildman–Crippen MR) is 183 cm³/mol. The Kier molecular flexibility index (Phi) is 11.2. The SMILES string of the molecule is CCc1cc(Nc2nccn3c(-c4ccc(OC)c(F)c4F)cnc23)ccc1C(=O)NC1CCC(NC(=O)[C@@H](N)CCCNC(=N)N)CC1. The largest absolute Gasteiger partial charge is 0.494 e. The smallest absolute Gasteiger partial charge is 0.251 e. The first-order valence-electron chi connectivity index (χ1n) is 16.3. The monoisotopic (exact) mass is 676 g/mol. The van der Waals surface area contributed by atoms with Crippen LogP contribution in [0.15, 0.2) is 48.9 Å². The van der Waals surface area contributed by atoms with Crippen molar-refractivity contribution in [3.05, 3.63) is 71.7 Å². The Morgan fingerprint density at radius 2 is 1.82 bits per heavy atom. The number of amides is 2. The van der Waals surface area contributed by atoms with Crippen LogP contribution in [-0.2, 0) is 11.2 Å². The lowest BCUT2D eigenvalue weighted by Crippen LogP contribution is -2.48. The second kappa shape index (κ2) is 15.7. The number of aromatic nitrogens is 3. The molecule has 5 rings (SSSR count). The van der Waals surface area contributed by atoms with E-state index < -0.39 is 17.7 Å². The highest BCUT2D eigenvalue weighted by Crippen LogP contribution is 2.32. The molecule has 1 aliphatic rings. The van der Waals surface area contributed by atoms with Crippen molar-refractivity contribution in [2.45, 2.75) is 70.0 Å². The molecule has 15 heteroatoms. The van der Waals surface area contributed by atoms with Crippen LogP contribution in [0.3, 0.4) is 0 Å². The normalized spacial score (nSPS) is 16.5. The van der Waals surface area contributed by atoms with Gasteiger partial charge in [0.05, 0.1) is 25.0 Å². The zero-order valence-corrected chi connectivity index (χ0v) is 27.5. The number of hydrogen-bond donors (Lipinski definition) is 7. The molecular formula is C34H42F2N10O3. The summed E-state index contributed by atoms with van der Waals surface area (Å²) in [5.74, 6) is -2.38. The van der Waals surface area contributed by atoms with Gasteiger partial charge in [-0.15, -0.1) is 0 Å². The zero-order chi connectivity index (χ0) is 35.1. The van der Waals surface area contributed by atoms with Gasteiger partial charge in [-0.25, -0.2) is 14.4 Å². The molecule has 1 fully saturated rings. The molecular weight excluding hydrogens is 634 g/mol. The highest BCUT2D eigenvalue weighted by atomic mass is 19.2. The first-order chi connectivity index (χ1) is 23.6. The predicted octanol–water partition coefficient (Wildman–Crippen LogP) is 3.74. The second-order valence-electron chi connectivity index (χ2n) is 12.0. The van der Waals surface area contributed by atoms with E-state index in [1.807, 2.05) is 13.0 Å². The summed E-state index contributed by atoms with van der Waals surface area (Å²) in [5.41, 5.74) is 14.2. The molecule has 1 saturated carbocycles. The molecule has 0 saturated heterocycles. The molecule has 9 N–H and O–H groups in total. The van der Waals surface area contributed by atoms with Gasteiger partial charge in [-0.2, -0.15) is 4.39 Å². The molecule has 0 spiro atoms. The average molecular weight is 677 g/mol. The standard InChI is InChI=1S/C34H42F2N10O3/c1-3-19-17-22(43-30-31-42-18-26(46(31)16-15-40-30)24-12-13-27(49-2)29(36)28(24)35)10-11-23(19)32(47)44-20-6-8-21(9-7-20)45-33(48)25(37)5-4-14-41-34(38)39/h10-13,15-18,20-21,25H,3-9,14,37H2,1-2H3,(H,40,43)(H,44,47)(H,45,48)(H4,38,39,41)/t20?,21?,25-/m0/s1. The van der Waals surface area contributed by atoms with Crippen LogP contribution in [0.25, 0.3) is 16.9 Å². The Bertz CT molecular complexity index is 1820. The van der Waals surface area contributed by atoms with Crippen molar-refractivity contribution in [2.75, 3.05) is 19.0 Å². The number of carbonyl (C=O) groups excluding carboxylic acids is 2. The summed E-state index contributed by atoms with van der Waals surface area (Å²) in [7, 11) is 1.27. The molecule has 4 aromatic rings. The fourth-order valence-corrected chi connectivity index (χ4v) is 6.05. The van der Waals surface area contributed by atoms with Crippen LogP contribution < -0.4 is 37.5 Å². The third kappa shape index (κ3) is 8.23. The summed E-state index contributed by atoms with van der Waals surface area (Å²) < 4.78 is 35.8. The van der Waals surface area contributed by atoms with Gasteiger partial charge in [0.1, 0.15) is 0 Å². The lowest BCUT2D eigenvalue weighted by Gasteiger charge is -2.30. The number of benzene rings is 2. The zero-order valence-electron chi connectivity index (χ0n) is 27.5. The number of fused-ring (bicyclic) bond motifs is 1. The Morgan fingerprint density at radius 3 is 2.51 bits per heavy atom. The molecule has 1 aliphatic carbocycles. The Morgan fingerprint density at radius 1 is 1.08 bits per heavy atom. The number of ether oxygens (including phenoxy) is 1. The van der Waals surface area contributed by atoms with E-state index in [1.54, 1.807) is 22.7 Å². The van der Waals surface area contributed by atoms with Gasteiger partial charge in [-0.05, 0) is 80.8 Å². The minimum Gasteiger partial charge on any atom is -0.494 e. The highest BCUT2D eigenvalue weighted by Gasteiger charge is 2.26. The molecule has 260 valence electrons. The minimum absolute atomic E-state index is 0.000716. The first-order valence-corrected chi connectivity index (χ1v) is 16.3. The number of nitrogens with two attached hydrogens (primary N) is 2. The van der Waals surface area contributed by atoms with Gasteiger partial charge in [-0.3, -0.25) is 19.4 Å². The third-order valence-corrected chi connectivity index (χ3v) is 8.72. The molecule has 1 atom stereocenters. The van der Waals surface area contributed by atoms with Gasteiger partial charge in [-0.1, -0.05) is 6.92 Å². The van der Waals surface area contributed by atoms with E-state index in [1.165, 1.54) is 31.6 Å². The molecule has 49 heavy (non-hydrogen) atoms.